The molecule has 0 aliphatic carbocycles. The summed E-state index contributed by atoms with van der Waals surface area (Å²) >= 11 is 3.55. The van der Waals surface area contributed by atoms with Gasteiger partial charge in [-0.25, -0.2) is 4.98 Å². The van der Waals surface area contributed by atoms with Crippen molar-refractivity contribution in [1.29, 1.82) is 0 Å². The molecule has 0 spiro atoms. The molecule has 0 radical (unpaired) electrons. The number of hydrogen-bond donors (Lipinski definition) is 0. The van der Waals surface area contributed by atoms with E-state index in [1.165, 1.54) is 0 Å². The van der Waals surface area contributed by atoms with Gasteiger partial charge in [0.2, 0.25) is 0 Å². The maximum atomic E-state index is 13.6. The standard InChI is InChI=1S/C23H25BrN6O/c1-5-29-13-18(15(3)27-29)21-11-17(16-9-7-8-10-20(16)26-21)23(31)28(4)14-22-19(24)12-25-30(22)6-2/h7-13H,5-6,14H2,1-4H3. The van der Waals surface area contributed by atoms with Gasteiger partial charge in [0.15, 0.2) is 0 Å². The molecule has 0 aliphatic rings. The summed E-state index contributed by atoms with van der Waals surface area (Å²) in [5.74, 6) is -0.0591. The smallest absolute Gasteiger partial charge is 0.254 e. The number of para-hydroxylation sites is 1. The van der Waals surface area contributed by atoms with Gasteiger partial charge in [0.1, 0.15) is 0 Å². The monoisotopic (exact) mass is 480 g/mol. The lowest BCUT2D eigenvalue weighted by atomic mass is 10.0. The number of nitrogens with zero attached hydrogens (tertiary/aromatic N) is 6. The molecule has 8 heteroatoms. The molecule has 31 heavy (non-hydrogen) atoms. The predicted molar refractivity (Wildman–Crippen MR) is 125 cm³/mol. The van der Waals surface area contributed by atoms with Crippen LogP contribution in [0.2, 0.25) is 0 Å². The van der Waals surface area contributed by atoms with Gasteiger partial charge < -0.3 is 4.90 Å². The van der Waals surface area contributed by atoms with E-state index in [-0.39, 0.29) is 5.91 Å². The van der Waals surface area contributed by atoms with Gasteiger partial charge in [0.05, 0.1) is 45.4 Å². The lowest BCUT2D eigenvalue weighted by Gasteiger charge is -2.19. The molecule has 1 amide bonds. The van der Waals surface area contributed by atoms with Gasteiger partial charge >= 0.3 is 0 Å². The Kier molecular flexibility index (Phi) is 5.91. The number of halogens is 1. The van der Waals surface area contributed by atoms with Crippen molar-refractivity contribution in [1.82, 2.24) is 29.4 Å². The minimum atomic E-state index is -0.0591. The number of fused-ring (bicyclic) bond motifs is 1. The first-order valence-electron chi connectivity index (χ1n) is 10.3. The lowest BCUT2D eigenvalue weighted by Crippen LogP contribution is -2.28. The predicted octanol–water partition coefficient (Wildman–Crippen LogP) is 4.68. The van der Waals surface area contributed by atoms with Crippen LogP contribution in [0.5, 0.6) is 0 Å². The van der Waals surface area contributed by atoms with Gasteiger partial charge in [-0.15, -0.1) is 0 Å². The minimum Gasteiger partial charge on any atom is -0.336 e. The number of hydrogen-bond acceptors (Lipinski definition) is 4. The fourth-order valence-electron chi connectivity index (χ4n) is 3.74. The third kappa shape index (κ3) is 3.99. The summed E-state index contributed by atoms with van der Waals surface area (Å²) in [6.45, 7) is 8.02. The zero-order valence-electron chi connectivity index (χ0n) is 18.1. The van der Waals surface area contributed by atoms with Gasteiger partial charge in [-0.2, -0.15) is 10.2 Å². The summed E-state index contributed by atoms with van der Waals surface area (Å²) in [5, 5.41) is 9.74. The van der Waals surface area contributed by atoms with E-state index in [0.717, 1.165) is 51.1 Å². The Bertz CT molecular complexity index is 1260. The topological polar surface area (TPSA) is 68.8 Å². The molecule has 0 saturated heterocycles. The highest BCUT2D eigenvalue weighted by molar-refractivity contribution is 9.10. The molecule has 1 aromatic carbocycles. The summed E-state index contributed by atoms with van der Waals surface area (Å²) in [6, 6.07) is 9.65. The van der Waals surface area contributed by atoms with Gasteiger partial charge in [-0.3, -0.25) is 14.2 Å². The maximum absolute atomic E-state index is 13.6. The molecular weight excluding hydrogens is 456 g/mol. The average Bonchev–Trinajstić information content (AvgIpc) is 3.34. The van der Waals surface area contributed by atoms with E-state index >= 15 is 0 Å². The molecule has 3 heterocycles. The summed E-state index contributed by atoms with van der Waals surface area (Å²) in [7, 11) is 1.82. The molecule has 7 nitrogen and oxygen atoms in total. The molecule has 160 valence electrons. The van der Waals surface area contributed by atoms with Crippen molar-refractivity contribution in [3.8, 4) is 11.3 Å². The van der Waals surface area contributed by atoms with Crippen LogP contribution in [0.3, 0.4) is 0 Å². The van der Waals surface area contributed by atoms with Crippen LogP contribution in [0.15, 0.2) is 47.2 Å². The van der Waals surface area contributed by atoms with Gasteiger partial charge in [0.25, 0.3) is 5.91 Å². The summed E-state index contributed by atoms with van der Waals surface area (Å²) in [5.41, 5.74) is 4.98. The van der Waals surface area contributed by atoms with Crippen molar-refractivity contribution in [2.45, 2.75) is 40.4 Å². The molecule has 0 atom stereocenters. The Hall–Kier alpha value is -3.00. The van der Waals surface area contributed by atoms with Crippen molar-refractivity contribution >= 4 is 32.7 Å². The van der Waals surface area contributed by atoms with Crippen molar-refractivity contribution < 1.29 is 4.79 Å². The molecule has 4 rings (SSSR count). The molecule has 0 saturated carbocycles. The Balaban J connectivity index is 1.77. The van der Waals surface area contributed by atoms with Crippen LogP contribution < -0.4 is 0 Å². The van der Waals surface area contributed by atoms with Crippen molar-refractivity contribution in [2.24, 2.45) is 0 Å². The number of aromatic nitrogens is 5. The molecule has 0 aliphatic heterocycles. The molecule has 0 bridgehead atoms. The van der Waals surface area contributed by atoms with Crippen molar-refractivity contribution in [2.75, 3.05) is 7.05 Å². The van der Waals surface area contributed by atoms with E-state index < -0.39 is 0 Å². The lowest BCUT2D eigenvalue weighted by molar-refractivity contribution is 0.0783. The van der Waals surface area contributed by atoms with E-state index in [9.17, 15) is 4.79 Å². The van der Waals surface area contributed by atoms with Gasteiger partial charge in [0, 0.05) is 37.3 Å². The third-order valence-electron chi connectivity index (χ3n) is 5.42. The van der Waals surface area contributed by atoms with E-state index in [4.69, 9.17) is 4.98 Å². The molecule has 0 fully saturated rings. The Morgan fingerprint density at radius 1 is 1.19 bits per heavy atom. The molecule has 0 N–H and O–H groups in total. The van der Waals surface area contributed by atoms with Crippen molar-refractivity contribution in [3.05, 3.63) is 64.1 Å². The van der Waals surface area contributed by atoms with Crippen LogP contribution in [0.4, 0.5) is 0 Å². The molecular formula is C23H25BrN6O. The Morgan fingerprint density at radius 3 is 2.68 bits per heavy atom. The summed E-state index contributed by atoms with van der Waals surface area (Å²) in [6.07, 6.45) is 3.76. The van der Waals surface area contributed by atoms with Gasteiger partial charge in [-0.05, 0) is 48.8 Å². The first-order valence-corrected chi connectivity index (χ1v) is 11.1. The number of amides is 1. The van der Waals surface area contributed by atoms with Gasteiger partial charge in [-0.1, -0.05) is 18.2 Å². The third-order valence-corrected chi connectivity index (χ3v) is 6.09. The van der Waals surface area contributed by atoms with Crippen LogP contribution in [-0.2, 0) is 19.6 Å². The molecule has 3 aromatic heterocycles. The maximum Gasteiger partial charge on any atom is 0.254 e. The number of aryl methyl sites for hydroxylation is 3. The fourth-order valence-corrected chi connectivity index (χ4v) is 4.16. The number of carbonyl (C=O) groups is 1. The zero-order chi connectivity index (χ0) is 22.1. The number of carbonyl (C=O) groups excluding carboxylic acids is 1. The quantitative estimate of drug-likeness (QED) is 0.401. The number of benzene rings is 1. The highest BCUT2D eigenvalue weighted by Gasteiger charge is 2.21. The first-order chi connectivity index (χ1) is 14.9. The second-order valence-electron chi connectivity index (χ2n) is 7.47. The van der Waals surface area contributed by atoms with E-state index in [0.29, 0.717) is 12.1 Å². The highest BCUT2D eigenvalue weighted by Crippen LogP contribution is 2.28. The normalized spacial score (nSPS) is 11.3. The van der Waals surface area contributed by atoms with E-state index in [2.05, 4.69) is 26.1 Å². The largest absolute Gasteiger partial charge is 0.336 e. The zero-order valence-corrected chi connectivity index (χ0v) is 19.7. The first kappa shape index (κ1) is 21.2. The second-order valence-corrected chi connectivity index (χ2v) is 8.33. The summed E-state index contributed by atoms with van der Waals surface area (Å²) < 4.78 is 4.68. The Morgan fingerprint density at radius 2 is 1.97 bits per heavy atom. The molecule has 4 aromatic rings. The van der Waals surface area contributed by atoms with E-state index in [1.807, 2.05) is 73.7 Å². The van der Waals surface area contributed by atoms with E-state index in [1.54, 1.807) is 11.1 Å². The minimum absolute atomic E-state index is 0.0591. The van der Waals surface area contributed by atoms with Crippen LogP contribution in [0, 0.1) is 6.92 Å². The number of rotatable bonds is 6. The van der Waals surface area contributed by atoms with Crippen LogP contribution >= 0.6 is 15.9 Å². The second kappa shape index (κ2) is 8.63. The molecule has 0 unspecified atom stereocenters. The van der Waals surface area contributed by atoms with Crippen LogP contribution in [0.25, 0.3) is 22.2 Å². The highest BCUT2D eigenvalue weighted by atomic mass is 79.9. The number of pyridine rings is 1. The summed E-state index contributed by atoms with van der Waals surface area (Å²) in [4.78, 5) is 20.1. The van der Waals surface area contributed by atoms with Crippen LogP contribution in [0.1, 0.15) is 35.6 Å². The Labute approximate surface area is 189 Å². The van der Waals surface area contributed by atoms with Crippen LogP contribution in [-0.4, -0.2) is 42.4 Å². The fraction of sp³-hybridized carbons (Fsp3) is 0.304. The van der Waals surface area contributed by atoms with Crippen molar-refractivity contribution in [3.63, 3.8) is 0 Å². The average molecular weight is 481 g/mol. The SMILES string of the molecule is CCn1cc(-c2cc(C(=O)N(C)Cc3c(Br)cnn3CC)c3ccccc3n2)c(C)n1.